The lowest BCUT2D eigenvalue weighted by Gasteiger charge is -2.18. The van der Waals surface area contributed by atoms with E-state index in [-0.39, 0.29) is 23.8 Å². The third kappa shape index (κ3) is 4.21. The Kier molecular flexibility index (Phi) is 6.06. The molecule has 1 aromatic heterocycles. The number of esters is 1. The highest BCUT2D eigenvalue weighted by Crippen LogP contribution is 2.31. The zero-order valence-corrected chi connectivity index (χ0v) is 16.8. The number of benzene rings is 2. The summed E-state index contributed by atoms with van der Waals surface area (Å²) >= 11 is 7.58. The monoisotopic (exact) mass is 419 g/mol. The van der Waals surface area contributed by atoms with Crippen LogP contribution in [0.4, 0.5) is 0 Å². The van der Waals surface area contributed by atoms with Crippen LogP contribution in [0.2, 0.25) is 5.02 Å². The number of aromatic hydroxyl groups is 1. The average Bonchev–Trinajstić information content (AvgIpc) is 3.07. The molecule has 1 amide bonds. The maximum Gasteiger partial charge on any atom is 0.333 e. The molecule has 2 aromatic carbocycles. The number of rotatable bonds is 6. The van der Waals surface area contributed by atoms with Crippen LogP contribution >= 0.6 is 22.9 Å². The Bertz CT molecular complexity index is 1030. The third-order valence-electron chi connectivity index (χ3n) is 4.25. The fraction of sp³-hybridized carbons (Fsp3) is 0.200. The Labute approximate surface area is 170 Å². The number of thiophene rings is 1. The molecular weight excluding hydrogens is 402 g/mol. The molecule has 0 fully saturated rings. The van der Waals surface area contributed by atoms with Gasteiger partial charge in [-0.2, -0.15) is 0 Å². The van der Waals surface area contributed by atoms with E-state index in [0.29, 0.717) is 10.6 Å². The summed E-state index contributed by atoms with van der Waals surface area (Å²) < 4.78 is 10.8. The zero-order valence-electron chi connectivity index (χ0n) is 15.2. The Balaban J connectivity index is 1.82. The zero-order chi connectivity index (χ0) is 20.3. The number of fused-ring (bicyclic) bond motifs is 1. The summed E-state index contributed by atoms with van der Waals surface area (Å²) in [7, 11) is 2.66. The van der Waals surface area contributed by atoms with Gasteiger partial charge in [-0.1, -0.05) is 17.7 Å². The number of methoxy groups -OCH3 is 2. The van der Waals surface area contributed by atoms with Crippen LogP contribution < -0.4 is 10.1 Å². The smallest absolute Gasteiger partial charge is 0.333 e. The fourth-order valence-electron chi connectivity index (χ4n) is 2.86. The molecule has 8 heteroatoms. The number of phenols is 1. The van der Waals surface area contributed by atoms with E-state index in [1.165, 1.54) is 37.7 Å². The molecule has 0 saturated carbocycles. The lowest BCUT2D eigenvalue weighted by atomic mass is 10.0. The first kappa shape index (κ1) is 20.0. The number of phenolic OH excluding ortho intramolecular Hbond substituents is 1. The molecule has 0 saturated heterocycles. The molecule has 6 nitrogen and oxygen atoms in total. The minimum atomic E-state index is -1.05. The molecule has 2 N–H and O–H groups in total. The summed E-state index contributed by atoms with van der Waals surface area (Å²) in [5.41, 5.74) is 1.21. The molecule has 1 unspecified atom stereocenters. The molecule has 28 heavy (non-hydrogen) atoms. The molecule has 3 rings (SSSR count). The largest absolute Gasteiger partial charge is 0.504 e. The topological polar surface area (TPSA) is 84.9 Å². The van der Waals surface area contributed by atoms with Crippen molar-refractivity contribution in [3.63, 3.8) is 0 Å². The minimum absolute atomic E-state index is 0.0793. The summed E-state index contributed by atoms with van der Waals surface area (Å²) in [6, 6.07) is 8.93. The van der Waals surface area contributed by atoms with Gasteiger partial charge in [0.05, 0.1) is 20.6 Å². The summed E-state index contributed by atoms with van der Waals surface area (Å²) in [4.78, 5) is 24.8. The Morgan fingerprint density at radius 2 is 2.00 bits per heavy atom. The van der Waals surface area contributed by atoms with Gasteiger partial charge in [0.2, 0.25) is 5.91 Å². The van der Waals surface area contributed by atoms with Gasteiger partial charge in [-0.3, -0.25) is 4.79 Å². The summed E-state index contributed by atoms with van der Waals surface area (Å²) in [5.74, 6) is -0.872. The Hall–Kier alpha value is -2.77. The van der Waals surface area contributed by atoms with Gasteiger partial charge in [0.15, 0.2) is 17.5 Å². The van der Waals surface area contributed by atoms with Gasteiger partial charge in [-0.25, -0.2) is 4.79 Å². The van der Waals surface area contributed by atoms with E-state index in [0.717, 1.165) is 15.6 Å². The lowest BCUT2D eigenvalue weighted by Crippen LogP contribution is -2.35. The number of carbonyl (C=O) groups is 2. The Morgan fingerprint density at radius 1 is 1.21 bits per heavy atom. The normalized spacial score (nSPS) is 11.8. The quantitative estimate of drug-likeness (QED) is 0.593. The van der Waals surface area contributed by atoms with Crippen LogP contribution in [0.3, 0.4) is 0 Å². The van der Waals surface area contributed by atoms with E-state index in [4.69, 9.17) is 21.1 Å². The molecule has 146 valence electrons. The maximum atomic E-state index is 12.6. The van der Waals surface area contributed by atoms with E-state index >= 15 is 0 Å². The summed E-state index contributed by atoms with van der Waals surface area (Å²) in [5, 5.41) is 16.0. The van der Waals surface area contributed by atoms with Crippen molar-refractivity contribution in [3.05, 3.63) is 57.9 Å². The van der Waals surface area contributed by atoms with Gasteiger partial charge in [-0.15, -0.1) is 11.3 Å². The number of ether oxygens (including phenoxy) is 2. The van der Waals surface area contributed by atoms with Crippen molar-refractivity contribution in [2.24, 2.45) is 0 Å². The first-order valence-electron chi connectivity index (χ1n) is 8.32. The predicted octanol–water partition coefficient (Wildman–Crippen LogP) is 3.84. The number of nitrogens with one attached hydrogen (secondary N) is 1. The highest BCUT2D eigenvalue weighted by Gasteiger charge is 2.25. The molecule has 0 radical (unpaired) electrons. The number of amides is 1. The van der Waals surface area contributed by atoms with Gasteiger partial charge in [0.1, 0.15) is 0 Å². The summed E-state index contributed by atoms with van der Waals surface area (Å²) in [6.45, 7) is 0. The standard InChI is InChI=1S/C20H18ClNO5S/c1-26-16-5-3-11(7-15(16)23)19(20(25)27-2)22-18(24)8-12-10-28-17-6-4-13(21)9-14(12)17/h3-7,9-10,19,23H,8H2,1-2H3,(H,22,24). The van der Waals surface area contributed by atoms with Crippen LogP contribution in [-0.4, -0.2) is 31.2 Å². The molecule has 0 bridgehead atoms. The van der Waals surface area contributed by atoms with Crippen LogP contribution in [0.1, 0.15) is 17.2 Å². The van der Waals surface area contributed by atoms with Gasteiger partial charge in [0, 0.05) is 9.72 Å². The highest BCUT2D eigenvalue weighted by molar-refractivity contribution is 7.17. The molecule has 0 spiro atoms. The van der Waals surface area contributed by atoms with Crippen molar-refractivity contribution in [2.45, 2.75) is 12.5 Å². The van der Waals surface area contributed by atoms with Crippen molar-refractivity contribution in [3.8, 4) is 11.5 Å². The van der Waals surface area contributed by atoms with Gasteiger partial charge >= 0.3 is 5.97 Å². The number of halogens is 1. The number of hydrogen-bond donors (Lipinski definition) is 2. The van der Waals surface area contributed by atoms with Gasteiger partial charge in [-0.05, 0) is 52.2 Å². The summed E-state index contributed by atoms with van der Waals surface area (Å²) in [6.07, 6.45) is 0.0793. The van der Waals surface area contributed by atoms with E-state index in [1.54, 1.807) is 12.1 Å². The highest BCUT2D eigenvalue weighted by atomic mass is 35.5. The van der Waals surface area contributed by atoms with Crippen molar-refractivity contribution in [1.29, 1.82) is 0 Å². The Morgan fingerprint density at radius 3 is 2.68 bits per heavy atom. The van der Waals surface area contributed by atoms with Gasteiger partial charge < -0.3 is 19.9 Å². The van der Waals surface area contributed by atoms with Crippen LogP contribution in [0.5, 0.6) is 11.5 Å². The first-order valence-corrected chi connectivity index (χ1v) is 9.58. The van der Waals surface area contributed by atoms with Crippen LogP contribution in [0.25, 0.3) is 10.1 Å². The minimum Gasteiger partial charge on any atom is -0.504 e. The molecular formula is C20H18ClNO5S. The predicted molar refractivity (Wildman–Crippen MR) is 108 cm³/mol. The van der Waals surface area contributed by atoms with E-state index in [2.05, 4.69) is 5.32 Å². The number of carbonyl (C=O) groups excluding carboxylic acids is 2. The van der Waals surface area contributed by atoms with Crippen molar-refractivity contribution in [2.75, 3.05) is 14.2 Å². The van der Waals surface area contributed by atoms with E-state index in [9.17, 15) is 14.7 Å². The van der Waals surface area contributed by atoms with E-state index in [1.807, 2.05) is 17.5 Å². The van der Waals surface area contributed by atoms with Crippen LogP contribution in [-0.2, 0) is 20.7 Å². The van der Waals surface area contributed by atoms with Crippen molar-refractivity contribution in [1.82, 2.24) is 5.32 Å². The van der Waals surface area contributed by atoms with Crippen LogP contribution in [0, 0.1) is 0 Å². The van der Waals surface area contributed by atoms with Gasteiger partial charge in [0.25, 0.3) is 0 Å². The SMILES string of the molecule is COC(=O)C(NC(=O)Cc1csc2ccc(Cl)cc12)c1ccc(OC)c(O)c1. The second-order valence-corrected chi connectivity index (χ2v) is 7.38. The molecule has 3 aromatic rings. The molecule has 0 aliphatic heterocycles. The first-order chi connectivity index (χ1) is 13.4. The van der Waals surface area contributed by atoms with Crippen molar-refractivity contribution >= 4 is 44.9 Å². The third-order valence-corrected chi connectivity index (χ3v) is 5.49. The molecule has 1 atom stereocenters. The molecule has 1 heterocycles. The second-order valence-electron chi connectivity index (χ2n) is 6.03. The fourth-order valence-corrected chi connectivity index (χ4v) is 3.97. The number of hydrogen-bond acceptors (Lipinski definition) is 6. The molecule has 0 aliphatic carbocycles. The maximum absolute atomic E-state index is 12.6. The van der Waals surface area contributed by atoms with Crippen molar-refractivity contribution < 1.29 is 24.2 Å². The molecule has 0 aliphatic rings. The second kappa shape index (κ2) is 8.50. The average molecular weight is 420 g/mol. The van der Waals surface area contributed by atoms with Crippen LogP contribution in [0.15, 0.2) is 41.8 Å². The van der Waals surface area contributed by atoms with E-state index < -0.39 is 12.0 Å². The lowest BCUT2D eigenvalue weighted by molar-refractivity contribution is -0.145.